The van der Waals surface area contributed by atoms with Gasteiger partial charge in [-0.25, -0.2) is 9.97 Å². The van der Waals surface area contributed by atoms with Gasteiger partial charge < -0.3 is 5.32 Å². The molecule has 2 aromatic heterocycles. The van der Waals surface area contributed by atoms with Gasteiger partial charge in [0.15, 0.2) is 5.13 Å². The molecule has 0 bridgehead atoms. The Morgan fingerprint density at radius 3 is 2.74 bits per heavy atom. The zero-order valence-corrected chi connectivity index (χ0v) is 17.2. The summed E-state index contributed by atoms with van der Waals surface area (Å²) in [7, 11) is 0. The van der Waals surface area contributed by atoms with Crippen molar-refractivity contribution in [1.82, 2.24) is 9.97 Å². The number of hydrogen-bond acceptors (Lipinski definition) is 6. The number of rotatable bonds is 6. The summed E-state index contributed by atoms with van der Waals surface area (Å²) in [6.07, 6.45) is 0.244. The van der Waals surface area contributed by atoms with Crippen LogP contribution in [0.2, 0.25) is 5.02 Å². The molecule has 0 saturated carbocycles. The molecule has 4 rings (SSSR count). The third-order valence-corrected chi connectivity index (χ3v) is 7.03. The van der Waals surface area contributed by atoms with E-state index in [1.165, 1.54) is 16.9 Å². The normalized spacial score (nSPS) is 11.0. The molecule has 1 N–H and O–H groups in total. The van der Waals surface area contributed by atoms with E-state index < -0.39 is 0 Å². The number of amides is 1. The second-order valence-electron chi connectivity index (χ2n) is 5.73. The fraction of sp³-hybridized carbons (Fsp3) is 0.105. The maximum Gasteiger partial charge on any atom is 0.232 e. The Morgan fingerprint density at radius 2 is 1.93 bits per heavy atom. The average molecular weight is 432 g/mol. The van der Waals surface area contributed by atoms with Crippen LogP contribution in [-0.4, -0.2) is 15.9 Å². The van der Waals surface area contributed by atoms with Crippen molar-refractivity contribution in [3.63, 3.8) is 0 Å². The molecule has 8 heteroatoms. The Labute approximate surface area is 173 Å². The number of para-hydroxylation sites is 1. The molecular formula is C19H14ClN3OS3. The van der Waals surface area contributed by atoms with Gasteiger partial charge in [-0.1, -0.05) is 59.0 Å². The molecule has 0 spiro atoms. The summed E-state index contributed by atoms with van der Waals surface area (Å²) in [4.78, 5) is 21.2. The molecule has 27 heavy (non-hydrogen) atoms. The Kier molecular flexibility index (Phi) is 5.73. The highest BCUT2D eigenvalue weighted by Gasteiger charge is 2.11. The number of anilines is 1. The van der Waals surface area contributed by atoms with E-state index in [1.807, 2.05) is 53.9 Å². The number of hydrogen-bond donors (Lipinski definition) is 1. The van der Waals surface area contributed by atoms with Crippen LogP contribution < -0.4 is 5.32 Å². The van der Waals surface area contributed by atoms with Crippen LogP contribution in [0.5, 0.6) is 0 Å². The molecule has 136 valence electrons. The van der Waals surface area contributed by atoms with Gasteiger partial charge in [-0.05, 0) is 29.8 Å². The number of thioether (sulfide) groups is 1. The summed E-state index contributed by atoms with van der Waals surface area (Å²) in [5.74, 6) is 0.718. The lowest BCUT2D eigenvalue weighted by molar-refractivity contribution is -0.115. The predicted octanol–water partition coefficient (Wildman–Crippen LogP) is 5.88. The highest BCUT2D eigenvalue weighted by molar-refractivity contribution is 8.00. The first-order valence-corrected chi connectivity index (χ1v) is 11.2. The maximum absolute atomic E-state index is 12.3. The molecule has 0 saturated heterocycles. The van der Waals surface area contributed by atoms with Gasteiger partial charge in [0.25, 0.3) is 0 Å². The van der Waals surface area contributed by atoms with E-state index in [1.54, 1.807) is 23.1 Å². The average Bonchev–Trinajstić information content (AvgIpc) is 3.27. The van der Waals surface area contributed by atoms with Crippen molar-refractivity contribution in [3.05, 3.63) is 70.2 Å². The van der Waals surface area contributed by atoms with Crippen molar-refractivity contribution in [3.8, 4) is 0 Å². The van der Waals surface area contributed by atoms with E-state index in [9.17, 15) is 4.79 Å². The number of halogens is 1. The zero-order valence-electron chi connectivity index (χ0n) is 14.0. The second kappa shape index (κ2) is 8.39. The molecule has 4 aromatic rings. The molecule has 0 fully saturated rings. The summed E-state index contributed by atoms with van der Waals surface area (Å²) < 4.78 is 2.01. The largest absolute Gasteiger partial charge is 0.302 e. The molecule has 0 aliphatic carbocycles. The third-order valence-electron chi connectivity index (χ3n) is 3.69. The quantitative estimate of drug-likeness (QED) is 0.387. The lowest BCUT2D eigenvalue weighted by Gasteiger charge is -2.00. The lowest BCUT2D eigenvalue weighted by Crippen LogP contribution is -2.14. The SMILES string of the molecule is O=C(Cc1csc(SCc2ccc(Cl)cc2)n1)Nc1nc2ccccc2s1. The van der Waals surface area contributed by atoms with Gasteiger partial charge in [0.05, 0.1) is 22.3 Å². The molecular weight excluding hydrogens is 418 g/mol. The van der Waals surface area contributed by atoms with Crippen molar-refractivity contribution >= 4 is 67.3 Å². The molecule has 0 aliphatic heterocycles. The molecule has 0 aliphatic rings. The number of carbonyl (C=O) groups excluding carboxylic acids is 1. The number of nitrogens with zero attached hydrogens (tertiary/aromatic N) is 2. The van der Waals surface area contributed by atoms with E-state index >= 15 is 0 Å². The van der Waals surface area contributed by atoms with E-state index in [-0.39, 0.29) is 12.3 Å². The summed E-state index contributed by atoms with van der Waals surface area (Å²) in [6.45, 7) is 0. The van der Waals surface area contributed by atoms with Crippen molar-refractivity contribution in [2.75, 3.05) is 5.32 Å². The Balaban J connectivity index is 1.32. The molecule has 1 amide bonds. The molecule has 4 nitrogen and oxygen atoms in total. The van der Waals surface area contributed by atoms with Crippen LogP contribution in [0.3, 0.4) is 0 Å². The second-order valence-corrected chi connectivity index (χ2v) is 9.28. The van der Waals surface area contributed by atoms with Gasteiger partial charge >= 0.3 is 0 Å². The number of fused-ring (bicyclic) bond motifs is 1. The minimum absolute atomic E-state index is 0.103. The van der Waals surface area contributed by atoms with Crippen LogP contribution in [0.1, 0.15) is 11.3 Å². The Hall–Kier alpha value is -1.93. The van der Waals surface area contributed by atoms with Crippen LogP contribution in [0.15, 0.2) is 58.3 Å². The monoisotopic (exact) mass is 431 g/mol. The summed E-state index contributed by atoms with van der Waals surface area (Å²) in [5.41, 5.74) is 2.86. The number of benzene rings is 2. The predicted molar refractivity (Wildman–Crippen MR) is 115 cm³/mol. The van der Waals surface area contributed by atoms with E-state index in [4.69, 9.17) is 11.6 Å². The van der Waals surface area contributed by atoms with Crippen molar-refractivity contribution in [2.45, 2.75) is 16.5 Å². The summed E-state index contributed by atoms with van der Waals surface area (Å²) in [6, 6.07) is 15.6. The van der Waals surface area contributed by atoms with Gasteiger partial charge in [-0.15, -0.1) is 11.3 Å². The Morgan fingerprint density at radius 1 is 1.11 bits per heavy atom. The lowest BCUT2D eigenvalue weighted by atomic mass is 10.2. The van der Waals surface area contributed by atoms with Crippen molar-refractivity contribution in [1.29, 1.82) is 0 Å². The smallest absolute Gasteiger partial charge is 0.232 e. The van der Waals surface area contributed by atoms with Gasteiger partial charge in [0, 0.05) is 16.2 Å². The molecule has 0 atom stereocenters. The molecule has 0 unspecified atom stereocenters. The van der Waals surface area contributed by atoms with Gasteiger partial charge in [0.1, 0.15) is 4.34 Å². The first-order valence-electron chi connectivity index (χ1n) is 8.13. The van der Waals surface area contributed by atoms with E-state index in [0.29, 0.717) is 5.13 Å². The number of nitrogens with one attached hydrogen (secondary N) is 1. The van der Waals surface area contributed by atoms with Crippen LogP contribution >= 0.6 is 46.0 Å². The van der Waals surface area contributed by atoms with E-state index in [2.05, 4.69) is 15.3 Å². The van der Waals surface area contributed by atoms with Crippen molar-refractivity contribution < 1.29 is 4.79 Å². The van der Waals surface area contributed by atoms with Gasteiger partial charge in [-0.3, -0.25) is 4.79 Å². The number of aromatic nitrogens is 2. The Bertz CT molecular complexity index is 1040. The summed E-state index contributed by atoms with van der Waals surface area (Å²) in [5, 5.41) is 6.15. The summed E-state index contributed by atoms with van der Waals surface area (Å²) >= 11 is 10.6. The zero-order chi connectivity index (χ0) is 18.6. The standard InChI is InChI=1S/C19H14ClN3OS3/c20-13-7-5-12(6-8-13)10-25-19-21-14(11-26-19)9-17(24)23-18-22-15-3-1-2-4-16(15)27-18/h1-8,11H,9-10H2,(H,22,23,24). The minimum atomic E-state index is -0.103. The first-order chi connectivity index (χ1) is 13.2. The van der Waals surface area contributed by atoms with Gasteiger partial charge in [-0.2, -0.15) is 0 Å². The molecule has 2 aromatic carbocycles. The van der Waals surface area contributed by atoms with Crippen LogP contribution in [-0.2, 0) is 17.0 Å². The number of carbonyl (C=O) groups is 1. The highest BCUT2D eigenvalue weighted by Crippen LogP contribution is 2.28. The van der Waals surface area contributed by atoms with Gasteiger partial charge in [0.2, 0.25) is 5.91 Å². The van der Waals surface area contributed by atoms with Crippen LogP contribution in [0.25, 0.3) is 10.2 Å². The van der Waals surface area contributed by atoms with E-state index in [0.717, 1.165) is 31.0 Å². The minimum Gasteiger partial charge on any atom is -0.302 e. The first kappa shape index (κ1) is 18.4. The fourth-order valence-electron chi connectivity index (χ4n) is 2.42. The maximum atomic E-state index is 12.3. The molecule has 2 heterocycles. The number of thiazole rings is 2. The third kappa shape index (κ3) is 4.87. The van der Waals surface area contributed by atoms with Crippen LogP contribution in [0.4, 0.5) is 5.13 Å². The van der Waals surface area contributed by atoms with Crippen LogP contribution in [0, 0.1) is 0 Å². The highest BCUT2D eigenvalue weighted by atomic mass is 35.5. The fourth-order valence-corrected chi connectivity index (χ4v) is 5.22. The van der Waals surface area contributed by atoms with Crippen molar-refractivity contribution in [2.24, 2.45) is 0 Å². The topological polar surface area (TPSA) is 54.9 Å². The molecule has 0 radical (unpaired) electrons.